The zero-order valence-electron chi connectivity index (χ0n) is 10.6. The molecule has 0 saturated heterocycles. The number of hydrogen-bond acceptors (Lipinski definition) is 3. The maximum Gasteiger partial charge on any atom is 0.128 e. The zero-order chi connectivity index (χ0) is 11.7. The molecule has 0 amide bonds. The quantitative estimate of drug-likeness (QED) is 0.826. The van der Waals surface area contributed by atoms with E-state index in [9.17, 15) is 0 Å². The van der Waals surface area contributed by atoms with Crippen molar-refractivity contribution in [3.63, 3.8) is 0 Å². The molecule has 0 aliphatic carbocycles. The summed E-state index contributed by atoms with van der Waals surface area (Å²) >= 11 is 0. The molecule has 1 atom stereocenters. The van der Waals surface area contributed by atoms with Gasteiger partial charge in [-0.05, 0) is 25.5 Å². The molecule has 16 heavy (non-hydrogen) atoms. The molecule has 88 valence electrons. The maximum atomic E-state index is 4.80. The number of fused-ring (bicyclic) bond motifs is 1. The van der Waals surface area contributed by atoms with Gasteiger partial charge in [0.15, 0.2) is 0 Å². The third-order valence-corrected chi connectivity index (χ3v) is 3.37. The van der Waals surface area contributed by atoms with Crippen LogP contribution in [-0.4, -0.2) is 24.6 Å². The Balaban J connectivity index is 2.34. The van der Waals surface area contributed by atoms with Gasteiger partial charge >= 0.3 is 0 Å². The van der Waals surface area contributed by atoms with Crippen LogP contribution in [0.25, 0.3) is 0 Å². The van der Waals surface area contributed by atoms with E-state index >= 15 is 0 Å². The fraction of sp³-hybridized carbons (Fsp3) is 0.615. The molecule has 1 unspecified atom stereocenters. The first-order valence-corrected chi connectivity index (χ1v) is 6.03. The normalized spacial score (nSPS) is 19.7. The number of anilines is 1. The fourth-order valence-electron chi connectivity index (χ4n) is 2.05. The van der Waals surface area contributed by atoms with E-state index in [4.69, 9.17) is 4.98 Å². The second-order valence-electron chi connectivity index (χ2n) is 4.95. The standard InChI is InChI=1S/C13H21N3/c1-9(2)16(4)12-6-5-11-8-14-7-10(3)13(11)15-12/h5-6,9-10,14H,7-8H2,1-4H3. The number of nitrogens with zero attached hydrogens (tertiary/aromatic N) is 2. The van der Waals surface area contributed by atoms with Crippen LogP contribution in [-0.2, 0) is 6.54 Å². The van der Waals surface area contributed by atoms with Crippen LogP contribution in [0.15, 0.2) is 12.1 Å². The van der Waals surface area contributed by atoms with E-state index < -0.39 is 0 Å². The molecule has 2 heterocycles. The minimum atomic E-state index is 0.488. The number of aromatic nitrogens is 1. The second-order valence-corrected chi connectivity index (χ2v) is 4.95. The van der Waals surface area contributed by atoms with Crippen LogP contribution in [0.1, 0.15) is 37.9 Å². The summed E-state index contributed by atoms with van der Waals surface area (Å²) in [6, 6.07) is 4.82. The van der Waals surface area contributed by atoms with Crippen LogP contribution < -0.4 is 10.2 Å². The lowest BCUT2D eigenvalue weighted by Gasteiger charge is -2.27. The van der Waals surface area contributed by atoms with Crippen molar-refractivity contribution in [3.05, 3.63) is 23.4 Å². The number of rotatable bonds is 2. The molecule has 1 aliphatic rings. The molecular formula is C13H21N3. The number of pyridine rings is 1. The van der Waals surface area contributed by atoms with Gasteiger partial charge in [-0.15, -0.1) is 0 Å². The van der Waals surface area contributed by atoms with Crippen molar-refractivity contribution in [3.8, 4) is 0 Å². The Bertz CT molecular complexity index is 373. The molecule has 1 aromatic heterocycles. The summed E-state index contributed by atoms with van der Waals surface area (Å²) in [5, 5.41) is 3.41. The van der Waals surface area contributed by atoms with E-state index in [1.54, 1.807) is 0 Å². The predicted octanol–water partition coefficient (Wildman–Crippen LogP) is 2.13. The predicted molar refractivity (Wildman–Crippen MR) is 67.9 cm³/mol. The van der Waals surface area contributed by atoms with Gasteiger partial charge in [0.2, 0.25) is 0 Å². The highest BCUT2D eigenvalue weighted by Gasteiger charge is 2.18. The topological polar surface area (TPSA) is 28.2 Å². The average molecular weight is 219 g/mol. The van der Waals surface area contributed by atoms with E-state index in [-0.39, 0.29) is 0 Å². The van der Waals surface area contributed by atoms with Crippen molar-refractivity contribution in [2.24, 2.45) is 0 Å². The number of nitrogens with one attached hydrogen (secondary N) is 1. The van der Waals surface area contributed by atoms with Crippen molar-refractivity contribution >= 4 is 5.82 Å². The second kappa shape index (κ2) is 4.42. The van der Waals surface area contributed by atoms with Gasteiger partial charge in [0.05, 0.1) is 5.69 Å². The number of hydrogen-bond donors (Lipinski definition) is 1. The highest BCUT2D eigenvalue weighted by molar-refractivity contribution is 5.43. The molecule has 2 rings (SSSR count). The largest absolute Gasteiger partial charge is 0.357 e. The van der Waals surface area contributed by atoms with Crippen molar-refractivity contribution in [1.82, 2.24) is 10.3 Å². The van der Waals surface area contributed by atoms with Gasteiger partial charge in [-0.3, -0.25) is 0 Å². The van der Waals surface area contributed by atoms with E-state index in [1.165, 1.54) is 11.3 Å². The molecule has 0 radical (unpaired) electrons. The Morgan fingerprint density at radius 2 is 2.19 bits per heavy atom. The lowest BCUT2D eigenvalue weighted by Crippen LogP contribution is -2.30. The molecule has 0 saturated carbocycles. The molecule has 3 nitrogen and oxygen atoms in total. The Morgan fingerprint density at radius 3 is 2.88 bits per heavy atom. The van der Waals surface area contributed by atoms with Gasteiger partial charge in [0, 0.05) is 32.1 Å². The molecule has 0 fully saturated rings. The van der Waals surface area contributed by atoms with Crippen LogP contribution >= 0.6 is 0 Å². The van der Waals surface area contributed by atoms with Crippen LogP contribution in [0.5, 0.6) is 0 Å². The molecule has 0 bridgehead atoms. The third-order valence-electron chi connectivity index (χ3n) is 3.37. The smallest absolute Gasteiger partial charge is 0.128 e. The van der Waals surface area contributed by atoms with E-state index in [0.29, 0.717) is 12.0 Å². The molecule has 1 N–H and O–H groups in total. The zero-order valence-corrected chi connectivity index (χ0v) is 10.6. The van der Waals surface area contributed by atoms with Crippen molar-refractivity contribution in [2.75, 3.05) is 18.5 Å². The SMILES string of the molecule is CC1CNCc2ccc(N(C)C(C)C)nc21. The van der Waals surface area contributed by atoms with Gasteiger partial charge in [0.1, 0.15) is 5.82 Å². The Morgan fingerprint density at radius 1 is 1.44 bits per heavy atom. The third kappa shape index (κ3) is 2.05. The van der Waals surface area contributed by atoms with Crippen LogP contribution in [0.2, 0.25) is 0 Å². The van der Waals surface area contributed by atoms with Gasteiger partial charge in [-0.2, -0.15) is 0 Å². The van der Waals surface area contributed by atoms with Crippen molar-refractivity contribution in [1.29, 1.82) is 0 Å². The molecular weight excluding hydrogens is 198 g/mol. The van der Waals surface area contributed by atoms with Gasteiger partial charge in [-0.1, -0.05) is 13.0 Å². The highest BCUT2D eigenvalue weighted by atomic mass is 15.2. The maximum absolute atomic E-state index is 4.80. The van der Waals surface area contributed by atoms with E-state index in [1.807, 2.05) is 0 Å². The summed E-state index contributed by atoms with van der Waals surface area (Å²) < 4.78 is 0. The monoisotopic (exact) mass is 219 g/mol. The molecule has 1 aromatic rings. The highest BCUT2D eigenvalue weighted by Crippen LogP contribution is 2.24. The van der Waals surface area contributed by atoms with Crippen molar-refractivity contribution in [2.45, 2.75) is 39.3 Å². The van der Waals surface area contributed by atoms with Gasteiger partial charge in [-0.25, -0.2) is 4.98 Å². The Labute approximate surface area is 97.9 Å². The van der Waals surface area contributed by atoms with E-state index in [2.05, 4.69) is 50.2 Å². The Hall–Kier alpha value is -1.09. The van der Waals surface area contributed by atoms with E-state index in [0.717, 1.165) is 18.9 Å². The fourth-order valence-corrected chi connectivity index (χ4v) is 2.05. The average Bonchev–Trinajstić information content (AvgIpc) is 2.28. The first kappa shape index (κ1) is 11.4. The summed E-state index contributed by atoms with van der Waals surface area (Å²) in [5.74, 6) is 1.60. The van der Waals surface area contributed by atoms with Gasteiger partial charge < -0.3 is 10.2 Å². The molecule has 1 aliphatic heterocycles. The Kier molecular flexibility index (Phi) is 3.15. The summed E-state index contributed by atoms with van der Waals surface area (Å²) in [4.78, 5) is 7.02. The summed E-state index contributed by atoms with van der Waals surface area (Å²) in [5.41, 5.74) is 2.61. The van der Waals surface area contributed by atoms with Crippen LogP contribution in [0.4, 0.5) is 5.82 Å². The van der Waals surface area contributed by atoms with Gasteiger partial charge in [0.25, 0.3) is 0 Å². The van der Waals surface area contributed by atoms with Crippen LogP contribution in [0.3, 0.4) is 0 Å². The van der Waals surface area contributed by atoms with Crippen LogP contribution in [0, 0.1) is 0 Å². The summed E-state index contributed by atoms with van der Waals surface area (Å²) in [6.07, 6.45) is 0. The summed E-state index contributed by atoms with van der Waals surface area (Å²) in [6.45, 7) is 8.60. The molecule has 0 aromatic carbocycles. The van der Waals surface area contributed by atoms with Crippen molar-refractivity contribution < 1.29 is 0 Å². The lowest BCUT2D eigenvalue weighted by molar-refractivity contribution is 0.555. The first-order valence-electron chi connectivity index (χ1n) is 6.03. The first-order chi connectivity index (χ1) is 7.59. The minimum absolute atomic E-state index is 0.488. The molecule has 0 spiro atoms. The summed E-state index contributed by atoms with van der Waals surface area (Å²) in [7, 11) is 2.10. The lowest BCUT2D eigenvalue weighted by atomic mass is 9.98. The molecule has 3 heteroatoms. The minimum Gasteiger partial charge on any atom is -0.357 e.